The summed E-state index contributed by atoms with van der Waals surface area (Å²) < 4.78 is 0. The van der Waals surface area contributed by atoms with Gasteiger partial charge in [-0.15, -0.1) is 0 Å². The molecule has 0 saturated heterocycles. The van der Waals surface area contributed by atoms with Crippen LogP contribution < -0.4 is 4.90 Å². The van der Waals surface area contributed by atoms with Crippen LogP contribution in [0.3, 0.4) is 0 Å². The fourth-order valence-corrected chi connectivity index (χ4v) is 2.89. The smallest absolute Gasteiger partial charge is 0.0971 e. The fraction of sp³-hybridized carbons (Fsp3) is 0.500. The van der Waals surface area contributed by atoms with E-state index in [1.807, 2.05) is 26.0 Å². The maximum absolute atomic E-state index is 10.4. The average Bonchev–Trinajstić information content (AvgIpc) is 2.49. The highest BCUT2D eigenvalue weighted by atomic mass is 16.3. The minimum atomic E-state index is -0.661. The lowest BCUT2D eigenvalue weighted by Gasteiger charge is -2.33. The van der Waals surface area contributed by atoms with Crippen molar-refractivity contribution in [1.29, 1.82) is 5.26 Å². The van der Waals surface area contributed by atoms with E-state index in [-0.39, 0.29) is 5.41 Å². The summed E-state index contributed by atoms with van der Waals surface area (Å²) in [5, 5.41) is 19.7. The predicted molar refractivity (Wildman–Crippen MR) is 86.0 cm³/mol. The van der Waals surface area contributed by atoms with Crippen LogP contribution in [0.5, 0.6) is 0 Å². The van der Waals surface area contributed by atoms with Gasteiger partial charge in [0.25, 0.3) is 0 Å². The lowest BCUT2D eigenvalue weighted by molar-refractivity contribution is 0.0754. The van der Waals surface area contributed by atoms with E-state index in [1.54, 1.807) is 0 Å². The van der Waals surface area contributed by atoms with Gasteiger partial charge in [-0.05, 0) is 36.8 Å². The molecule has 3 nitrogen and oxygen atoms in total. The number of aliphatic hydroxyl groups is 1. The molecule has 1 aromatic carbocycles. The molecular formula is C18H24N2O. The molecule has 1 unspecified atom stereocenters. The topological polar surface area (TPSA) is 47.3 Å². The van der Waals surface area contributed by atoms with E-state index < -0.39 is 6.10 Å². The second-order valence-electron chi connectivity index (χ2n) is 6.38. The van der Waals surface area contributed by atoms with Crippen molar-refractivity contribution in [3.63, 3.8) is 0 Å². The molecule has 0 fully saturated rings. The third-order valence-corrected chi connectivity index (χ3v) is 4.30. The Labute approximate surface area is 127 Å². The van der Waals surface area contributed by atoms with Crippen LogP contribution in [0.1, 0.15) is 33.1 Å². The van der Waals surface area contributed by atoms with Gasteiger partial charge in [-0.1, -0.05) is 38.1 Å². The summed E-state index contributed by atoms with van der Waals surface area (Å²) in [4.78, 5) is 2.36. The summed E-state index contributed by atoms with van der Waals surface area (Å²) in [6.07, 6.45) is 3.93. The molecule has 0 aromatic heterocycles. The van der Waals surface area contributed by atoms with Crippen molar-refractivity contribution in [3.8, 4) is 6.07 Å². The van der Waals surface area contributed by atoms with Crippen LogP contribution in [0.2, 0.25) is 0 Å². The molecular weight excluding hydrogens is 260 g/mol. The first-order chi connectivity index (χ1) is 10.0. The Hall–Kier alpha value is -1.79. The van der Waals surface area contributed by atoms with E-state index in [4.69, 9.17) is 0 Å². The van der Waals surface area contributed by atoms with Crippen LogP contribution in [0.4, 0.5) is 5.69 Å². The maximum atomic E-state index is 10.4. The standard InChI is InChI=1S/C18H24N2O/c1-18(2)11-7-13-20(16-9-4-3-5-10-16)12-6-8-15(14-19)17(18)21/h3-5,8-10,17,21H,6-7,11-13H2,1-2H3/b15-8-. The van der Waals surface area contributed by atoms with Gasteiger partial charge in [-0.2, -0.15) is 5.26 Å². The summed E-state index contributed by atoms with van der Waals surface area (Å²) >= 11 is 0. The maximum Gasteiger partial charge on any atom is 0.0971 e. The van der Waals surface area contributed by atoms with Crippen LogP contribution in [-0.4, -0.2) is 24.3 Å². The Balaban J connectivity index is 2.20. The van der Waals surface area contributed by atoms with Gasteiger partial charge in [0, 0.05) is 18.8 Å². The summed E-state index contributed by atoms with van der Waals surface area (Å²) in [6, 6.07) is 12.6. The van der Waals surface area contributed by atoms with E-state index >= 15 is 0 Å². The highest BCUT2D eigenvalue weighted by molar-refractivity contribution is 5.46. The summed E-state index contributed by atoms with van der Waals surface area (Å²) in [6.45, 7) is 5.94. The van der Waals surface area contributed by atoms with Gasteiger partial charge in [0.1, 0.15) is 0 Å². The first kappa shape index (κ1) is 15.6. The molecule has 0 bridgehead atoms. The molecule has 112 valence electrons. The number of hydrogen-bond acceptors (Lipinski definition) is 3. The largest absolute Gasteiger partial charge is 0.387 e. The summed E-state index contributed by atoms with van der Waals surface area (Å²) in [5.41, 5.74) is 1.47. The molecule has 1 atom stereocenters. The van der Waals surface area contributed by atoms with E-state index in [1.165, 1.54) is 5.69 Å². The number of benzene rings is 1. The van der Waals surface area contributed by atoms with Crippen molar-refractivity contribution >= 4 is 5.69 Å². The molecule has 0 spiro atoms. The van der Waals surface area contributed by atoms with Gasteiger partial charge in [-0.3, -0.25) is 0 Å². The minimum Gasteiger partial charge on any atom is -0.387 e. The minimum absolute atomic E-state index is 0.263. The summed E-state index contributed by atoms with van der Waals surface area (Å²) in [5.74, 6) is 0. The number of nitriles is 1. The van der Waals surface area contributed by atoms with Crippen LogP contribution >= 0.6 is 0 Å². The van der Waals surface area contributed by atoms with Gasteiger partial charge in [0.05, 0.1) is 17.7 Å². The lowest BCUT2D eigenvalue weighted by Crippen LogP contribution is -2.34. The second-order valence-corrected chi connectivity index (χ2v) is 6.38. The quantitative estimate of drug-likeness (QED) is 0.858. The molecule has 1 N–H and O–H groups in total. The Bertz CT molecular complexity index is 528. The first-order valence-corrected chi connectivity index (χ1v) is 7.63. The van der Waals surface area contributed by atoms with Crippen molar-refractivity contribution in [3.05, 3.63) is 42.0 Å². The Morgan fingerprint density at radius 3 is 2.62 bits per heavy atom. The molecule has 2 rings (SSSR count). The number of para-hydroxylation sites is 1. The highest BCUT2D eigenvalue weighted by Crippen LogP contribution is 2.32. The van der Waals surface area contributed by atoms with Gasteiger partial charge >= 0.3 is 0 Å². The Kier molecular flexibility index (Phi) is 5.03. The molecule has 1 heterocycles. The van der Waals surface area contributed by atoms with E-state index in [0.29, 0.717) is 5.57 Å². The van der Waals surface area contributed by atoms with Crippen molar-refractivity contribution < 1.29 is 5.11 Å². The first-order valence-electron chi connectivity index (χ1n) is 7.63. The number of hydrogen-bond donors (Lipinski definition) is 1. The molecule has 0 aliphatic carbocycles. The zero-order chi connectivity index (χ0) is 15.3. The van der Waals surface area contributed by atoms with E-state index in [9.17, 15) is 10.4 Å². The van der Waals surface area contributed by atoms with Crippen molar-refractivity contribution in [1.82, 2.24) is 0 Å². The van der Waals surface area contributed by atoms with Crippen LogP contribution in [0, 0.1) is 16.7 Å². The third kappa shape index (κ3) is 3.86. The molecule has 21 heavy (non-hydrogen) atoms. The third-order valence-electron chi connectivity index (χ3n) is 4.30. The number of anilines is 1. The van der Waals surface area contributed by atoms with E-state index in [2.05, 4.69) is 35.2 Å². The van der Waals surface area contributed by atoms with Crippen molar-refractivity contribution in [2.45, 2.75) is 39.2 Å². The highest BCUT2D eigenvalue weighted by Gasteiger charge is 2.31. The van der Waals surface area contributed by atoms with Crippen molar-refractivity contribution in [2.75, 3.05) is 18.0 Å². The van der Waals surface area contributed by atoms with Gasteiger partial charge in [0.15, 0.2) is 0 Å². The fourth-order valence-electron chi connectivity index (χ4n) is 2.89. The molecule has 3 heteroatoms. The van der Waals surface area contributed by atoms with Crippen LogP contribution in [0.25, 0.3) is 0 Å². The zero-order valence-electron chi connectivity index (χ0n) is 12.9. The molecule has 1 aromatic rings. The predicted octanol–water partition coefficient (Wildman–Crippen LogP) is 3.51. The zero-order valence-corrected chi connectivity index (χ0v) is 12.9. The van der Waals surface area contributed by atoms with Crippen molar-refractivity contribution in [2.24, 2.45) is 5.41 Å². The normalized spacial score (nSPS) is 25.5. The number of rotatable bonds is 1. The molecule has 0 radical (unpaired) electrons. The van der Waals surface area contributed by atoms with Gasteiger partial charge < -0.3 is 10.0 Å². The molecule has 1 aliphatic heterocycles. The number of aliphatic hydroxyl groups excluding tert-OH is 1. The molecule has 1 aliphatic rings. The average molecular weight is 284 g/mol. The lowest BCUT2D eigenvalue weighted by atomic mass is 9.78. The molecule has 0 saturated carbocycles. The molecule has 0 amide bonds. The van der Waals surface area contributed by atoms with Gasteiger partial charge in [0.2, 0.25) is 0 Å². The van der Waals surface area contributed by atoms with Crippen LogP contribution in [-0.2, 0) is 0 Å². The van der Waals surface area contributed by atoms with Crippen LogP contribution in [0.15, 0.2) is 42.0 Å². The Morgan fingerprint density at radius 2 is 1.95 bits per heavy atom. The number of nitrogens with zero attached hydrogens (tertiary/aromatic N) is 2. The second kappa shape index (κ2) is 6.78. The monoisotopic (exact) mass is 284 g/mol. The van der Waals surface area contributed by atoms with E-state index in [0.717, 1.165) is 32.4 Å². The van der Waals surface area contributed by atoms with Gasteiger partial charge in [-0.25, -0.2) is 0 Å². The summed E-state index contributed by atoms with van der Waals surface area (Å²) in [7, 11) is 0. The Morgan fingerprint density at radius 1 is 1.24 bits per heavy atom. The SMILES string of the molecule is CC1(C)CCCN(c2ccccc2)CC/C=C(/C#N)C1O.